The van der Waals surface area contributed by atoms with Gasteiger partial charge in [-0.1, -0.05) is 11.3 Å². The zero-order chi connectivity index (χ0) is 16.5. The summed E-state index contributed by atoms with van der Waals surface area (Å²) in [4.78, 5) is 7.71. The van der Waals surface area contributed by atoms with Gasteiger partial charge in [0.15, 0.2) is 0 Å². The van der Waals surface area contributed by atoms with Gasteiger partial charge in [-0.15, -0.1) is 5.10 Å². The molecule has 0 N–H and O–H groups in total. The highest BCUT2D eigenvalue weighted by molar-refractivity contribution is 7.20. The van der Waals surface area contributed by atoms with Crippen molar-refractivity contribution in [3.63, 3.8) is 0 Å². The molecule has 1 saturated heterocycles. The second-order valence-electron chi connectivity index (χ2n) is 5.92. The molecular formula is C17H19FN4OS. The maximum Gasteiger partial charge on any atom is 0.214 e. The molecule has 7 heteroatoms. The molecule has 1 aliphatic heterocycles. The standard InChI is InChI=1S/C17H19FN4OS/c1-2-21(10-14-4-3-9-23-14)17-20-22-11-15(19-16(22)24-17)12-5-7-13(18)8-6-12/h5-8,11,14H,2-4,9-10H2,1H3. The van der Waals surface area contributed by atoms with E-state index in [1.807, 2.05) is 6.20 Å². The molecule has 1 atom stereocenters. The molecule has 24 heavy (non-hydrogen) atoms. The number of ether oxygens (including phenoxy) is 1. The summed E-state index contributed by atoms with van der Waals surface area (Å²) >= 11 is 1.57. The molecule has 126 valence electrons. The van der Waals surface area contributed by atoms with E-state index >= 15 is 0 Å². The van der Waals surface area contributed by atoms with Crippen molar-refractivity contribution in [3.8, 4) is 11.3 Å². The minimum Gasteiger partial charge on any atom is -0.376 e. The first-order chi connectivity index (χ1) is 11.7. The lowest BCUT2D eigenvalue weighted by molar-refractivity contribution is 0.115. The van der Waals surface area contributed by atoms with Crippen LogP contribution in [0.25, 0.3) is 16.2 Å². The van der Waals surface area contributed by atoms with Crippen LogP contribution in [0.3, 0.4) is 0 Å². The van der Waals surface area contributed by atoms with E-state index in [2.05, 4.69) is 21.9 Å². The zero-order valence-electron chi connectivity index (χ0n) is 13.5. The molecule has 5 nitrogen and oxygen atoms in total. The first-order valence-corrected chi connectivity index (χ1v) is 9.03. The van der Waals surface area contributed by atoms with Gasteiger partial charge in [0.1, 0.15) is 5.82 Å². The van der Waals surface area contributed by atoms with E-state index in [4.69, 9.17) is 4.74 Å². The molecule has 1 aromatic carbocycles. The van der Waals surface area contributed by atoms with Gasteiger partial charge in [0, 0.05) is 25.3 Å². The number of fused-ring (bicyclic) bond motifs is 1. The minimum absolute atomic E-state index is 0.243. The number of rotatable bonds is 5. The third-order valence-corrected chi connectivity index (χ3v) is 5.26. The SMILES string of the molecule is CCN(CC1CCCO1)c1nn2cc(-c3ccc(F)cc3)nc2s1. The first kappa shape index (κ1) is 15.5. The Morgan fingerprint density at radius 2 is 2.21 bits per heavy atom. The molecule has 1 fully saturated rings. The summed E-state index contributed by atoms with van der Waals surface area (Å²) < 4.78 is 20.6. The highest BCUT2D eigenvalue weighted by atomic mass is 32.1. The van der Waals surface area contributed by atoms with Crippen LogP contribution in [0, 0.1) is 5.82 Å². The molecule has 4 rings (SSSR count). The van der Waals surface area contributed by atoms with Gasteiger partial charge in [-0.05, 0) is 44.0 Å². The van der Waals surface area contributed by atoms with Crippen molar-refractivity contribution in [2.24, 2.45) is 0 Å². The van der Waals surface area contributed by atoms with E-state index in [0.29, 0.717) is 6.10 Å². The van der Waals surface area contributed by atoms with Gasteiger partial charge in [0.25, 0.3) is 0 Å². The van der Waals surface area contributed by atoms with Crippen LogP contribution in [0.5, 0.6) is 0 Å². The first-order valence-electron chi connectivity index (χ1n) is 8.21. The average molecular weight is 346 g/mol. The zero-order valence-corrected chi connectivity index (χ0v) is 14.3. The summed E-state index contributed by atoms with van der Waals surface area (Å²) in [5.41, 5.74) is 1.70. The Bertz CT molecular complexity index is 791. The van der Waals surface area contributed by atoms with Gasteiger partial charge in [0.05, 0.1) is 18.0 Å². The monoisotopic (exact) mass is 346 g/mol. The van der Waals surface area contributed by atoms with Crippen LogP contribution >= 0.6 is 11.3 Å². The Balaban J connectivity index is 1.57. The molecule has 0 saturated carbocycles. The van der Waals surface area contributed by atoms with Crippen LogP contribution in [0.2, 0.25) is 0 Å². The highest BCUT2D eigenvalue weighted by Crippen LogP contribution is 2.27. The van der Waals surface area contributed by atoms with Crippen molar-refractivity contribution in [3.05, 3.63) is 36.3 Å². The summed E-state index contributed by atoms with van der Waals surface area (Å²) in [6.07, 6.45) is 4.46. The highest BCUT2D eigenvalue weighted by Gasteiger charge is 2.21. The Morgan fingerprint density at radius 3 is 2.88 bits per heavy atom. The van der Waals surface area contributed by atoms with E-state index in [0.717, 1.165) is 53.9 Å². The fraction of sp³-hybridized carbons (Fsp3) is 0.412. The topological polar surface area (TPSA) is 42.7 Å². The summed E-state index contributed by atoms with van der Waals surface area (Å²) in [6.45, 7) is 4.76. The van der Waals surface area contributed by atoms with E-state index in [9.17, 15) is 4.39 Å². The molecule has 0 aliphatic carbocycles. The van der Waals surface area contributed by atoms with Crippen molar-refractivity contribution in [1.82, 2.24) is 14.6 Å². The van der Waals surface area contributed by atoms with Gasteiger partial charge in [-0.25, -0.2) is 13.9 Å². The molecule has 2 aromatic heterocycles. The molecule has 3 aromatic rings. The van der Waals surface area contributed by atoms with Crippen LogP contribution in [0.1, 0.15) is 19.8 Å². The molecular weight excluding hydrogens is 327 g/mol. The number of hydrogen-bond acceptors (Lipinski definition) is 5. The number of nitrogens with zero attached hydrogens (tertiary/aromatic N) is 4. The fourth-order valence-corrected chi connectivity index (χ4v) is 3.91. The van der Waals surface area contributed by atoms with Gasteiger partial charge < -0.3 is 9.64 Å². The largest absolute Gasteiger partial charge is 0.376 e. The van der Waals surface area contributed by atoms with Crippen molar-refractivity contribution in [2.75, 3.05) is 24.6 Å². The molecule has 3 heterocycles. The minimum atomic E-state index is -0.243. The summed E-state index contributed by atoms with van der Waals surface area (Å²) in [6, 6.07) is 6.36. The number of likely N-dealkylation sites (N-methyl/N-ethyl adjacent to an activating group) is 1. The van der Waals surface area contributed by atoms with E-state index in [1.54, 1.807) is 28.0 Å². The van der Waals surface area contributed by atoms with Crippen LogP contribution in [0.4, 0.5) is 9.52 Å². The number of benzene rings is 1. The van der Waals surface area contributed by atoms with Gasteiger partial charge >= 0.3 is 0 Å². The lowest BCUT2D eigenvalue weighted by atomic mass is 10.2. The maximum atomic E-state index is 13.0. The molecule has 0 spiro atoms. The summed E-state index contributed by atoms with van der Waals surface area (Å²) in [5.74, 6) is -0.243. The summed E-state index contributed by atoms with van der Waals surface area (Å²) in [7, 11) is 0. The number of halogens is 1. The summed E-state index contributed by atoms with van der Waals surface area (Å²) in [5, 5.41) is 5.62. The van der Waals surface area contributed by atoms with E-state index in [-0.39, 0.29) is 5.82 Å². The molecule has 0 amide bonds. The van der Waals surface area contributed by atoms with Gasteiger partial charge in [-0.3, -0.25) is 0 Å². The second-order valence-corrected chi connectivity index (χ2v) is 6.85. The third-order valence-electron chi connectivity index (χ3n) is 4.27. The number of hydrogen-bond donors (Lipinski definition) is 0. The molecule has 1 aliphatic rings. The Hall–Kier alpha value is -1.99. The van der Waals surface area contributed by atoms with Gasteiger partial charge in [-0.2, -0.15) is 0 Å². The normalized spacial score (nSPS) is 17.7. The Labute approximate surface area is 143 Å². The predicted molar refractivity (Wildman–Crippen MR) is 93.1 cm³/mol. The van der Waals surface area contributed by atoms with E-state index < -0.39 is 0 Å². The third kappa shape index (κ3) is 3.01. The fourth-order valence-electron chi connectivity index (χ4n) is 2.95. The van der Waals surface area contributed by atoms with E-state index in [1.165, 1.54) is 12.1 Å². The second kappa shape index (κ2) is 6.49. The lowest BCUT2D eigenvalue weighted by Gasteiger charge is -2.22. The van der Waals surface area contributed by atoms with Crippen molar-refractivity contribution in [1.29, 1.82) is 0 Å². The number of imidazole rings is 1. The number of anilines is 1. The van der Waals surface area contributed by atoms with Crippen LogP contribution in [-0.4, -0.2) is 40.4 Å². The molecule has 0 bridgehead atoms. The van der Waals surface area contributed by atoms with Crippen LogP contribution < -0.4 is 4.90 Å². The van der Waals surface area contributed by atoms with Crippen LogP contribution in [0.15, 0.2) is 30.5 Å². The molecule has 0 radical (unpaired) electrons. The quantitative estimate of drug-likeness (QED) is 0.708. The number of aromatic nitrogens is 3. The van der Waals surface area contributed by atoms with Crippen LogP contribution in [-0.2, 0) is 4.74 Å². The average Bonchev–Trinajstić information content (AvgIpc) is 3.29. The molecule has 1 unspecified atom stereocenters. The smallest absolute Gasteiger partial charge is 0.214 e. The Kier molecular flexibility index (Phi) is 4.20. The van der Waals surface area contributed by atoms with Gasteiger partial charge in [0.2, 0.25) is 10.1 Å². The van der Waals surface area contributed by atoms with Crippen molar-refractivity contribution in [2.45, 2.75) is 25.9 Å². The lowest BCUT2D eigenvalue weighted by Crippen LogP contribution is -2.32. The maximum absolute atomic E-state index is 13.0. The van der Waals surface area contributed by atoms with Crippen molar-refractivity contribution >= 4 is 21.4 Å². The predicted octanol–water partition coefficient (Wildman–Crippen LogP) is 3.60. The van der Waals surface area contributed by atoms with Crippen molar-refractivity contribution < 1.29 is 9.13 Å². The Morgan fingerprint density at radius 1 is 1.38 bits per heavy atom.